The Balaban J connectivity index is 2.22. The molecule has 0 amide bonds. The molecule has 0 spiro atoms. The van der Waals surface area contributed by atoms with Gasteiger partial charge in [0.15, 0.2) is 0 Å². The van der Waals surface area contributed by atoms with Crippen LogP contribution in [0.3, 0.4) is 0 Å². The van der Waals surface area contributed by atoms with E-state index in [1.54, 1.807) is 18.3 Å². The van der Waals surface area contributed by atoms with E-state index in [1.165, 1.54) is 12.1 Å². The summed E-state index contributed by atoms with van der Waals surface area (Å²) in [5.74, 6) is -0.621. The third kappa shape index (κ3) is 3.84. The van der Waals surface area contributed by atoms with Crippen molar-refractivity contribution >= 4 is 10.0 Å². The first-order chi connectivity index (χ1) is 9.92. The Bertz CT molecular complexity index is 730. The van der Waals surface area contributed by atoms with Gasteiger partial charge in [-0.2, -0.15) is 0 Å². The summed E-state index contributed by atoms with van der Waals surface area (Å²) < 4.78 is 40.2. The molecule has 1 heterocycles. The fourth-order valence-electron chi connectivity index (χ4n) is 1.81. The summed E-state index contributed by atoms with van der Waals surface area (Å²) in [4.78, 5) is 3.95. The number of nitrogens with one attached hydrogen (secondary N) is 1. The quantitative estimate of drug-likeness (QED) is 0.876. The highest BCUT2D eigenvalue weighted by molar-refractivity contribution is 7.89. The normalized spacial score (nSPS) is 11.6. The van der Waals surface area contributed by atoms with Gasteiger partial charge in [0.25, 0.3) is 0 Å². The molecule has 0 atom stereocenters. The monoisotopic (exact) mass is 309 g/mol. The summed E-state index contributed by atoms with van der Waals surface area (Å²) in [6, 6.07) is 7.09. The second-order valence-corrected chi connectivity index (χ2v) is 6.32. The number of halogens is 1. The van der Waals surface area contributed by atoms with Gasteiger partial charge >= 0.3 is 0 Å². The minimum Gasteiger partial charge on any atom is -0.326 e. The lowest BCUT2D eigenvalue weighted by Gasteiger charge is -2.10. The first-order valence-corrected chi connectivity index (χ1v) is 7.80. The molecule has 0 aliphatic rings. The number of sulfonamides is 1. The topological polar surface area (TPSA) is 85.1 Å². The van der Waals surface area contributed by atoms with Crippen molar-refractivity contribution in [3.63, 3.8) is 0 Å². The van der Waals surface area contributed by atoms with Crippen LogP contribution in [0.2, 0.25) is 0 Å². The molecule has 0 saturated carbocycles. The molecule has 112 valence electrons. The zero-order valence-corrected chi connectivity index (χ0v) is 12.3. The van der Waals surface area contributed by atoms with Crippen molar-refractivity contribution in [2.24, 2.45) is 5.73 Å². The largest absolute Gasteiger partial charge is 0.326 e. The molecule has 0 aliphatic carbocycles. The van der Waals surface area contributed by atoms with Crippen LogP contribution in [0.25, 0.3) is 0 Å². The van der Waals surface area contributed by atoms with E-state index in [9.17, 15) is 12.8 Å². The zero-order valence-electron chi connectivity index (χ0n) is 11.5. The van der Waals surface area contributed by atoms with Crippen molar-refractivity contribution < 1.29 is 12.8 Å². The summed E-state index contributed by atoms with van der Waals surface area (Å²) >= 11 is 0. The van der Waals surface area contributed by atoms with Gasteiger partial charge in [0.2, 0.25) is 10.0 Å². The highest BCUT2D eigenvalue weighted by Gasteiger charge is 2.18. The molecule has 1 aromatic heterocycles. The van der Waals surface area contributed by atoms with Crippen molar-refractivity contribution in [3.8, 4) is 0 Å². The van der Waals surface area contributed by atoms with Gasteiger partial charge in [-0.15, -0.1) is 0 Å². The van der Waals surface area contributed by atoms with E-state index in [2.05, 4.69) is 9.71 Å². The molecule has 0 aliphatic heterocycles. The van der Waals surface area contributed by atoms with Gasteiger partial charge in [0.05, 0.1) is 4.90 Å². The van der Waals surface area contributed by atoms with Gasteiger partial charge in [-0.3, -0.25) is 4.98 Å². The highest BCUT2D eigenvalue weighted by atomic mass is 32.2. The van der Waals surface area contributed by atoms with Gasteiger partial charge in [0, 0.05) is 25.0 Å². The molecule has 2 aromatic rings. The van der Waals surface area contributed by atoms with E-state index in [0.29, 0.717) is 5.56 Å². The number of aromatic nitrogens is 1. The molecule has 3 N–H and O–H groups in total. The molecule has 5 nitrogen and oxygen atoms in total. The Morgan fingerprint density at radius 3 is 2.67 bits per heavy atom. The van der Waals surface area contributed by atoms with E-state index in [1.807, 2.05) is 6.92 Å². The molecule has 0 radical (unpaired) electrons. The van der Waals surface area contributed by atoms with Crippen LogP contribution in [-0.2, 0) is 23.1 Å². The Kier molecular flexibility index (Phi) is 4.66. The minimum absolute atomic E-state index is 0.0165. The van der Waals surface area contributed by atoms with Crippen LogP contribution in [0, 0.1) is 12.7 Å². The molecule has 7 heteroatoms. The van der Waals surface area contributed by atoms with E-state index in [-0.39, 0.29) is 18.0 Å². The van der Waals surface area contributed by atoms with Crippen LogP contribution in [-0.4, -0.2) is 13.4 Å². The predicted molar refractivity (Wildman–Crippen MR) is 77.3 cm³/mol. The van der Waals surface area contributed by atoms with Crippen molar-refractivity contribution in [1.82, 2.24) is 9.71 Å². The first kappa shape index (κ1) is 15.6. The van der Waals surface area contributed by atoms with Crippen LogP contribution in [0.5, 0.6) is 0 Å². The maximum atomic E-state index is 13.3. The van der Waals surface area contributed by atoms with E-state index in [0.717, 1.165) is 17.3 Å². The Morgan fingerprint density at radius 2 is 2.05 bits per heavy atom. The smallest absolute Gasteiger partial charge is 0.241 e. The molecular formula is C14H16FN3O2S. The zero-order chi connectivity index (χ0) is 15.5. The molecule has 1 aromatic carbocycles. The van der Waals surface area contributed by atoms with Crippen molar-refractivity contribution in [3.05, 3.63) is 59.2 Å². The lowest BCUT2D eigenvalue weighted by molar-refractivity contribution is 0.575. The molecule has 21 heavy (non-hydrogen) atoms. The maximum absolute atomic E-state index is 13.3. The van der Waals surface area contributed by atoms with Gasteiger partial charge in [0.1, 0.15) is 5.82 Å². The van der Waals surface area contributed by atoms with E-state index < -0.39 is 15.8 Å². The average Bonchev–Trinajstić information content (AvgIpc) is 2.47. The second-order valence-electron chi connectivity index (χ2n) is 4.59. The lowest BCUT2D eigenvalue weighted by atomic mass is 10.2. The minimum atomic E-state index is -3.83. The van der Waals surface area contributed by atoms with Crippen molar-refractivity contribution in [1.29, 1.82) is 0 Å². The van der Waals surface area contributed by atoms with Gasteiger partial charge < -0.3 is 5.73 Å². The molecule has 0 unspecified atom stereocenters. The van der Waals surface area contributed by atoms with E-state index >= 15 is 0 Å². The van der Waals surface area contributed by atoms with Crippen LogP contribution in [0.4, 0.5) is 4.39 Å². The van der Waals surface area contributed by atoms with Crippen molar-refractivity contribution in [2.45, 2.75) is 24.9 Å². The Hall–Kier alpha value is -1.83. The van der Waals surface area contributed by atoms with Gasteiger partial charge in [-0.1, -0.05) is 12.1 Å². The van der Waals surface area contributed by atoms with E-state index in [4.69, 9.17) is 5.73 Å². The molecule has 0 saturated heterocycles. The first-order valence-electron chi connectivity index (χ1n) is 6.32. The number of benzene rings is 1. The van der Waals surface area contributed by atoms with Crippen LogP contribution >= 0.6 is 0 Å². The number of aryl methyl sites for hydroxylation is 1. The molecular weight excluding hydrogens is 293 g/mol. The Morgan fingerprint density at radius 1 is 1.29 bits per heavy atom. The predicted octanol–water partition coefficient (Wildman–Crippen LogP) is 1.47. The summed E-state index contributed by atoms with van der Waals surface area (Å²) in [5, 5.41) is 0. The number of nitrogens with zero attached hydrogens (tertiary/aromatic N) is 1. The fraction of sp³-hybridized carbons (Fsp3) is 0.214. The van der Waals surface area contributed by atoms with Crippen molar-refractivity contribution in [2.75, 3.05) is 0 Å². The number of pyridine rings is 1. The summed E-state index contributed by atoms with van der Waals surface area (Å²) in [5.41, 5.74) is 7.43. The average molecular weight is 309 g/mol. The third-order valence-electron chi connectivity index (χ3n) is 2.98. The Labute approximate surface area is 123 Å². The maximum Gasteiger partial charge on any atom is 0.241 e. The summed E-state index contributed by atoms with van der Waals surface area (Å²) in [6.45, 7) is 1.94. The fourth-order valence-corrected chi connectivity index (χ4v) is 3.08. The van der Waals surface area contributed by atoms with Gasteiger partial charge in [-0.25, -0.2) is 17.5 Å². The molecule has 0 fully saturated rings. The number of hydrogen-bond acceptors (Lipinski definition) is 4. The molecule has 0 bridgehead atoms. The highest BCUT2D eigenvalue weighted by Crippen LogP contribution is 2.17. The summed E-state index contributed by atoms with van der Waals surface area (Å²) in [7, 11) is -3.83. The van der Waals surface area contributed by atoms with Crippen LogP contribution in [0.1, 0.15) is 16.8 Å². The standard InChI is InChI=1S/C14H16FN3O2S/c1-10-2-3-11(8-17-10)9-18-21(19,20)14-6-13(15)5-4-12(14)7-16/h2-6,8,18H,7,9,16H2,1H3. The second kappa shape index (κ2) is 6.30. The number of rotatable bonds is 5. The van der Waals surface area contributed by atoms with Gasteiger partial charge in [-0.05, 0) is 36.2 Å². The molecule has 2 rings (SSSR count). The lowest BCUT2D eigenvalue weighted by Crippen LogP contribution is -2.25. The summed E-state index contributed by atoms with van der Waals surface area (Å²) in [6.07, 6.45) is 1.59. The van der Waals surface area contributed by atoms with Crippen LogP contribution in [0.15, 0.2) is 41.4 Å². The third-order valence-corrected chi connectivity index (χ3v) is 4.46. The van der Waals surface area contributed by atoms with Crippen LogP contribution < -0.4 is 10.5 Å². The number of hydrogen-bond donors (Lipinski definition) is 2. The number of nitrogens with two attached hydrogens (primary N) is 1. The SMILES string of the molecule is Cc1ccc(CNS(=O)(=O)c2cc(F)ccc2CN)cn1.